The second kappa shape index (κ2) is 6.13. The van der Waals surface area contributed by atoms with Crippen molar-refractivity contribution in [1.82, 2.24) is 4.72 Å². The Morgan fingerprint density at radius 2 is 1.81 bits per heavy atom. The molecule has 6 nitrogen and oxygen atoms in total. The molecular formula is C10H11F3NO5S2+. The third kappa shape index (κ3) is 5.12. The zero-order valence-electron chi connectivity index (χ0n) is 10.5. The van der Waals surface area contributed by atoms with Crippen molar-refractivity contribution in [3.05, 3.63) is 35.2 Å². The number of alkyl halides is 3. The Morgan fingerprint density at radius 1 is 1.29 bits per heavy atom. The average molecular weight is 346 g/mol. The fourth-order valence-corrected chi connectivity index (χ4v) is 1.99. The predicted octanol–water partition coefficient (Wildman–Crippen LogP) is 1.99. The summed E-state index contributed by atoms with van der Waals surface area (Å²) in [5.41, 5.74) is -5.07. The van der Waals surface area contributed by atoms with E-state index in [0.29, 0.717) is 5.56 Å². The highest BCUT2D eigenvalue weighted by Crippen LogP contribution is 2.31. The van der Waals surface area contributed by atoms with Crippen LogP contribution in [-0.2, 0) is 24.7 Å². The first kappa shape index (κ1) is 17.6. The molecule has 0 aliphatic rings. The van der Waals surface area contributed by atoms with Gasteiger partial charge in [0, 0.05) is 5.41 Å². The number of benzene rings is 1. The van der Waals surface area contributed by atoms with Gasteiger partial charge in [-0.3, -0.25) is 0 Å². The van der Waals surface area contributed by atoms with Crippen LogP contribution < -0.4 is 8.91 Å². The highest BCUT2D eigenvalue weighted by Gasteiger charge is 2.63. The zero-order chi connectivity index (χ0) is 16.3. The van der Waals surface area contributed by atoms with E-state index in [-0.39, 0.29) is 0 Å². The average Bonchev–Trinajstić information content (AvgIpc) is 2.36. The number of hydrogen-bond donors (Lipinski definition) is 2. The van der Waals surface area contributed by atoms with E-state index in [0.717, 1.165) is 17.5 Å². The number of halogens is 3. The monoisotopic (exact) mass is 346 g/mol. The van der Waals surface area contributed by atoms with Crippen molar-refractivity contribution < 1.29 is 34.5 Å². The molecule has 0 amide bonds. The number of hydrogen-bond acceptors (Lipinski definition) is 4. The number of nitrogens with one attached hydrogen (secondary N) is 1. The van der Waals surface area contributed by atoms with Crippen LogP contribution in [0.15, 0.2) is 29.7 Å². The minimum atomic E-state index is -5.48. The van der Waals surface area contributed by atoms with Gasteiger partial charge in [-0.1, -0.05) is 12.1 Å². The normalized spacial score (nSPS) is 15.9. The van der Waals surface area contributed by atoms with E-state index >= 15 is 0 Å². The summed E-state index contributed by atoms with van der Waals surface area (Å²) in [6.45, 7) is 0. The zero-order valence-corrected chi connectivity index (χ0v) is 12.1. The minimum absolute atomic E-state index is 0.345. The van der Waals surface area contributed by atoms with Crippen molar-refractivity contribution in [2.75, 3.05) is 7.05 Å². The van der Waals surface area contributed by atoms with Gasteiger partial charge >= 0.3 is 16.0 Å². The maximum absolute atomic E-state index is 12.2. The first-order valence-corrected chi connectivity index (χ1v) is 8.19. The molecule has 0 spiro atoms. The van der Waals surface area contributed by atoms with Gasteiger partial charge in [0.25, 0.3) is 0 Å². The molecule has 0 aromatic heterocycles. The van der Waals surface area contributed by atoms with E-state index in [2.05, 4.69) is 4.18 Å². The molecule has 0 saturated carbocycles. The summed E-state index contributed by atoms with van der Waals surface area (Å²) in [5, 5.41) is 0.855. The molecule has 0 fully saturated rings. The van der Waals surface area contributed by atoms with E-state index in [1.54, 1.807) is 0 Å². The van der Waals surface area contributed by atoms with Gasteiger partial charge in [-0.15, -0.1) is 17.7 Å². The second-order valence-electron chi connectivity index (χ2n) is 3.63. The summed E-state index contributed by atoms with van der Waals surface area (Å²) in [6.07, 6.45) is 1.19. The maximum atomic E-state index is 12.2. The van der Waals surface area contributed by atoms with Crippen LogP contribution in [0.2, 0.25) is 0 Å². The highest BCUT2D eigenvalue weighted by molar-refractivity contribution is 7.94. The quantitative estimate of drug-likeness (QED) is 0.796. The van der Waals surface area contributed by atoms with Crippen LogP contribution in [0.1, 0.15) is 5.56 Å². The van der Waals surface area contributed by atoms with Gasteiger partial charge in [0.2, 0.25) is 10.0 Å². The van der Waals surface area contributed by atoms with Crippen molar-refractivity contribution in [3.63, 3.8) is 0 Å². The summed E-state index contributed by atoms with van der Waals surface area (Å²) in [5.74, 6) is -0.478. The lowest BCUT2D eigenvalue weighted by Gasteiger charge is -2.06. The molecule has 1 rings (SSSR count). The molecule has 21 heavy (non-hydrogen) atoms. The minimum Gasteiger partial charge on any atom is -0.246 e. The number of sulfonamides is 1. The van der Waals surface area contributed by atoms with E-state index in [9.17, 15) is 25.8 Å². The topological polar surface area (TPSA) is 92.7 Å². The Balaban J connectivity index is 2.88. The van der Waals surface area contributed by atoms with Crippen molar-refractivity contribution >= 4 is 26.6 Å². The Morgan fingerprint density at radius 3 is 2.24 bits per heavy atom. The van der Waals surface area contributed by atoms with Crippen molar-refractivity contribution in [2.24, 2.45) is 0 Å². The van der Waals surface area contributed by atoms with Gasteiger partial charge in [0.05, 0.1) is 0 Å². The third-order valence-electron chi connectivity index (χ3n) is 2.11. The van der Waals surface area contributed by atoms with Gasteiger partial charge < -0.3 is 0 Å². The van der Waals surface area contributed by atoms with E-state index in [1.165, 1.54) is 25.3 Å². The van der Waals surface area contributed by atoms with Gasteiger partial charge in [-0.25, -0.2) is 17.3 Å². The molecule has 118 valence electrons. The van der Waals surface area contributed by atoms with Gasteiger partial charge in [-0.2, -0.15) is 0 Å². The Kier molecular flexibility index (Phi) is 5.15. The summed E-state index contributed by atoms with van der Waals surface area (Å²) >= 11 is 0. The smallest absolute Gasteiger partial charge is 0.246 e. The van der Waals surface area contributed by atoms with E-state index in [1.807, 2.05) is 4.72 Å². The highest BCUT2D eigenvalue weighted by atomic mass is 32.3. The van der Waals surface area contributed by atoms with Gasteiger partial charge in [0.1, 0.15) is 0 Å². The van der Waals surface area contributed by atoms with Crippen LogP contribution in [0.25, 0.3) is 6.08 Å². The largest absolute Gasteiger partial charge is 0.650 e. The third-order valence-corrected chi connectivity index (χ3v) is 4.17. The summed E-state index contributed by atoms with van der Waals surface area (Å²) < 4.78 is 84.3. The molecule has 0 aliphatic heterocycles. The molecule has 0 aliphatic carbocycles. The molecule has 0 heterocycles. The Labute approximate surface area is 120 Å². The summed E-state index contributed by atoms with van der Waals surface area (Å²) in [7, 11) is -7.84. The SMILES string of the molecule is CNS(=O)(=O)/C=C/c1ccc(O[S+](=O)(O)C(F)(F)F)cc1. The molecule has 1 unspecified atom stereocenters. The first-order chi connectivity index (χ1) is 9.47. The molecule has 11 heteroatoms. The molecular weight excluding hydrogens is 335 g/mol. The molecule has 1 aromatic rings. The summed E-state index contributed by atoms with van der Waals surface area (Å²) in [4.78, 5) is 0. The lowest BCUT2D eigenvalue weighted by atomic mass is 10.2. The van der Waals surface area contributed by atoms with Crippen LogP contribution in [0.4, 0.5) is 13.2 Å². The van der Waals surface area contributed by atoms with Crippen molar-refractivity contribution in [3.8, 4) is 5.75 Å². The van der Waals surface area contributed by atoms with E-state index in [4.69, 9.17) is 4.55 Å². The summed E-state index contributed by atoms with van der Waals surface area (Å²) in [6, 6.07) is 4.46. The fraction of sp³-hybridized carbons (Fsp3) is 0.200. The molecule has 1 aromatic carbocycles. The molecule has 2 N–H and O–H groups in total. The van der Waals surface area contributed by atoms with Gasteiger partial charge in [-0.05, 0) is 35.0 Å². The Bertz CT molecular complexity index is 667. The number of rotatable bonds is 5. The molecule has 1 atom stereocenters. The van der Waals surface area contributed by atoms with Crippen molar-refractivity contribution in [2.45, 2.75) is 5.51 Å². The van der Waals surface area contributed by atoms with Crippen LogP contribution in [0, 0.1) is 0 Å². The lowest BCUT2D eigenvalue weighted by Crippen LogP contribution is -2.34. The van der Waals surface area contributed by atoms with Crippen LogP contribution >= 0.6 is 0 Å². The van der Waals surface area contributed by atoms with Crippen LogP contribution in [0.3, 0.4) is 0 Å². The van der Waals surface area contributed by atoms with Crippen LogP contribution in [0.5, 0.6) is 5.75 Å². The molecule has 0 saturated heterocycles. The van der Waals surface area contributed by atoms with E-state index < -0.39 is 31.8 Å². The first-order valence-electron chi connectivity index (χ1n) is 5.21. The van der Waals surface area contributed by atoms with Gasteiger partial charge in [0.15, 0.2) is 5.75 Å². The lowest BCUT2D eigenvalue weighted by molar-refractivity contribution is -0.0577. The Hall–Kier alpha value is -1.43. The molecule has 0 radical (unpaired) electrons. The maximum Gasteiger partial charge on any atom is 0.650 e. The fourth-order valence-electron chi connectivity index (χ4n) is 1.05. The predicted molar refractivity (Wildman–Crippen MR) is 70.8 cm³/mol. The van der Waals surface area contributed by atoms with Crippen molar-refractivity contribution in [1.29, 1.82) is 0 Å². The van der Waals surface area contributed by atoms with Crippen LogP contribution in [-0.4, -0.2) is 25.5 Å². The second-order valence-corrected chi connectivity index (χ2v) is 6.98. The standard InChI is InChI=1S/C10H10F3NO5S2/c1-14-20(15,16)7-6-8-2-4-9(5-3-8)19-21(17,18)10(11,12)13/h2-7,14H,1H3/p+1/b7-6+. The molecule has 0 bridgehead atoms.